The average Bonchev–Trinajstić information content (AvgIpc) is 3.31. The molecule has 0 unspecified atom stereocenters. The van der Waals surface area contributed by atoms with E-state index in [1.165, 1.54) is 24.9 Å². The second-order valence-corrected chi connectivity index (χ2v) is 8.71. The Hall–Kier alpha value is -3.84. The molecule has 2 heterocycles. The highest BCUT2D eigenvalue weighted by molar-refractivity contribution is 6.08. The predicted octanol–water partition coefficient (Wildman–Crippen LogP) is 5.40. The summed E-state index contributed by atoms with van der Waals surface area (Å²) < 4.78 is 11.5. The maximum atomic E-state index is 12.8. The van der Waals surface area contributed by atoms with Crippen molar-refractivity contribution in [2.45, 2.75) is 25.9 Å². The highest BCUT2D eigenvalue weighted by Crippen LogP contribution is 2.26. The first kappa shape index (κ1) is 22.9. The Kier molecular flexibility index (Phi) is 7.24. The first-order chi connectivity index (χ1) is 17.3. The fraction of sp³-hybridized carbons (Fsp3) is 0.286. The van der Waals surface area contributed by atoms with Crippen molar-refractivity contribution < 1.29 is 14.3 Å². The minimum Gasteiger partial charge on any atom is -0.491 e. The van der Waals surface area contributed by atoms with E-state index in [0.717, 1.165) is 35.3 Å². The molecule has 0 saturated carbocycles. The number of fused-ring (bicyclic) bond motifs is 1. The number of H-pyrrole nitrogens is 1. The van der Waals surface area contributed by atoms with E-state index in [2.05, 4.69) is 20.4 Å². The second kappa shape index (κ2) is 11.1. The van der Waals surface area contributed by atoms with E-state index in [9.17, 15) is 4.79 Å². The summed E-state index contributed by atoms with van der Waals surface area (Å²) >= 11 is 0. The van der Waals surface area contributed by atoms with Gasteiger partial charge in [-0.3, -0.25) is 9.89 Å². The second-order valence-electron chi connectivity index (χ2n) is 8.71. The third kappa shape index (κ3) is 5.81. The zero-order valence-corrected chi connectivity index (χ0v) is 19.7. The molecule has 0 spiro atoms. The monoisotopic (exact) mass is 470 g/mol. The summed E-state index contributed by atoms with van der Waals surface area (Å²) in [6, 6.07) is 23.5. The van der Waals surface area contributed by atoms with Crippen LogP contribution in [0, 0.1) is 0 Å². The molecule has 1 aromatic heterocycles. The van der Waals surface area contributed by atoms with Crippen LogP contribution in [0.5, 0.6) is 5.75 Å². The number of aromatic amines is 1. The smallest absolute Gasteiger partial charge is 0.256 e. The molecule has 7 nitrogen and oxygen atoms in total. The predicted molar refractivity (Wildman–Crippen MR) is 138 cm³/mol. The van der Waals surface area contributed by atoms with E-state index in [-0.39, 0.29) is 5.91 Å². The zero-order chi connectivity index (χ0) is 23.9. The van der Waals surface area contributed by atoms with Crippen LogP contribution >= 0.6 is 0 Å². The number of carbonyl (C=O) groups excluding carboxylic acids is 1. The highest BCUT2D eigenvalue weighted by Gasteiger charge is 2.14. The van der Waals surface area contributed by atoms with Gasteiger partial charge in [0, 0.05) is 35.8 Å². The number of hydrogen-bond donors (Lipinski definition) is 2. The summed E-state index contributed by atoms with van der Waals surface area (Å²) in [6.07, 6.45) is 3.75. The molecule has 2 N–H and O–H groups in total. The SMILES string of the molecule is O=C(Nc1n[nH]c2cc(OCCOCc3ccccc3)ccc12)c1ccc(N2CCCCC2)cc1. The van der Waals surface area contributed by atoms with Crippen molar-refractivity contribution in [1.82, 2.24) is 10.2 Å². The van der Waals surface area contributed by atoms with E-state index in [1.807, 2.05) is 72.8 Å². The fourth-order valence-electron chi connectivity index (χ4n) is 4.32. The molecule has 7 heteroatoms. The van der Waals surface area contributed by atoms with Gasteiger partial charge in [-0.15, -0.1) is 0 Å². The van der Waals surface area contributed by atoms with Crippen LogP contribution in [0.25, 0.3) is 10.9 Å². The van der Waals surface area contributed by atoms with Crippen molar-refractivity contribution in [3.63, 3.8) is 0 Å². The van der Waals surface area contributed by atoms with Crippen LogP contribution in [0.1, 0.15) is 35.2 Å². The summed E-state index contributed by atoms with van der Waals surface area (Å²) in [5, 5.41) is 11.0. The lowest BCUT2D eigenvalue weighted by Gasteiger charge is -2.28. The third-order valence-corrected chi connectivity index (χ3v) is 6.22. The molecule has 0 bridgehead atoms. The number of hydrogen-bond acceptors (Lipinski definition) is 5. The van der Waals surface area contributed by atoms with Gasteiger partial charge in [0.1, 0.15) is 12.4 Å². The van der Waals surface area contributed by atoms with E-state index < -0.39 is 0 Å². The Bertz CT molecular complexity index is 1250. The Labute approximate surface area is 205 Å². The molecule has 1 amide bonds. The number of amides is 1. The molecule has 0 radical (unpaired) electrons. The summed E-state index contributed by atoms with van der Waals surface area (Å²) in [5.74, 6) is 1.04. The van der Waals surface area contributed by atoms with Crippen LogP contribution in [0.15, 0.2) is 72.8 Å². The number of nitrogens with one attached hydrogen (secondary N) is 2. The number of benzene rings is 3. The molecule has 1 aliphatic heterocycles. The van der Waals surface area contributed by atoms with E-state index in [1.54, 1.807) is 0 Å². The van der Waals surface area contributed by atoms with Crippen LogP contribution in [-0.4, -0.2) is 42.4 Å². The molecule has 1 aliphatic rings. The maximum absolute atomic E-state index is 12.8. The Morgan fingerprint density at radius 3 is 2.54 bits per heavy atom. The molecule has 3 aromatic carbocycles. The number of aromatic nitrogens is 2. The molecule has 0 aliphatic carbocycles. The van der Waals surface area contributed by atoms with Gasteiger partial charge < -0.3 is 19.7 Å². The summed E-state index contributed by atoms with van der Waals surface area (Å²) in [7, 11) is 0. The molecular weight excluding hydrogens is 440 g/mol. The molecule has 4 aromatic rings. The van der Waals surface area contributed by atoms with E-state index in [4.69, 9.17) is 9.47 Å². The van der Waals surface area contributed by atoms with Crippen LogP contribution < -0.4 is 15.0 Å². The number of piperidine rings is 1. The van der Waals surface area contributed by atoms with Crippen LogP contribution in [0.2, 0.25) is 0 Å². The Balaban J connectivity index is 1.14. The van der Waals surface area contributed by atoms with Gasteiger partial charge in [0.15, 0.2) is 5.82 Å². The van der Waals surface area contributed by atoms with Gasteiger partial charge >= 0.3 is 0 Å². The zero-order valence-electron chi connectivity index (χ0n) is 19.7. The highest BCUT2D eigenvalue weighted by atomic mass is 16.5. The van der Waals surface area contributed by atoms with Gasteiger partial charge in [0.2, 0.25) is 0 Å². The topological polar surface area (TPSA) is 79.5 Å². The molecule has 1 fully saturated rings. The molecular formula is C28H30N4O3. The van der Waals surface area contributed by atoms with Crippen molar-refractivity contribution in [3.05, 3.63) is 83.9 Å². The first-order valence-electron chi connectivity index (χ1n) is 12.2. The summed E-state index contributed by atoms with van der Waals surface area (Å²) in [5.41, 5.74) is 3.71. The van der Waals surface area contributed by atoms with Gasteiger partial charge in [0.25, 0.3) is 5.91 Å². The van der Waals surface area contributed by atoms with Gasteiger partial charge in [-0.05, 0) is 61.2 Å². The minimum absolute atomic E-state index is 0.181. The fourth-order valence-corrected chi connectivity index (χ4v) is 4.32. The lowest BCUT2D eigenvalue weighted by molar-refractivity contribution is 0.0889. The standard InChI is InChI=1S/C28H30N4O3/c33-28(22-9-11-23(12-10-22)32-15-5-2-6-16-32)29-27-25-14-13-24(19-26(25)30-31-27)35-18-17-34-20-21-7-3-1-4-8-21/h1,3-4,7-14,19H,2,5-6,15-18,20H2,(H2,29,30,31,33). The number of ether oxygens (including phenoxy) is 2. The van der Waals surface area contributed by atoms with E-state index in [0.29, 0.717) is 31.2 Å². The first-order valence-corrected chi connectivity index (χ1v) is 12.2. The summed E-state index contributed by atoms with van der Waals surface area (Å²) in [4.78, 5) is 15.2. The van der Waals surface area contributed by atoms with E-state index >= 15 is 0 Å². The van der Waals surface area contributed by atoms with Crippen molar-refractivity contribution in [3.8, 4) is 5.75 Å². The number of anilines is 2. The minimum atomic E-state index is -0.181. The Morgan fingerprint density at radius 1 is 0.943 bits per heavy atom. The normalized spacial score (nSPS) is 13.7. The quantitative estimate of drug-likeness (QED) is 0.320. The molecule has 5 rings (SSSR count). The molecule has 35 heavy (non-hydrogen) atoms. The van der Waals surface area contributed by atoms with Gasteiger partial charge in [-0.2, -0.15) is 5.10 Å². The lowest BCUT2D eigenvalue weighted by Crippen LogP contribution is -2.29. The number of rotatable bonds is 9. The average molecular weight is 471 g/mol. The lowest BCUT2D eigenvalue weighted by atomic mass is 10.1. The van der Waals surface area contributed by atoms with Crippen molar-refractivity contribution in [2.75, 3.05) is 36.5 Å². The number of carbonyl (C=O) groups is 1. The van der Waals surface area contributed by atoms with Gasteiger partial charge in [0.05, 0.1) is 18.7 Å². The van der Waals surface area contributed by atoms with Crippen molar-refractivity contribution in [1.29, 1.82) is 0 Å². The van der Waals surface area contributed by atoms with Gasteiger partial charge in [-0.25, -0.2) is 0 Å². The van der Waals surface area contributed by atoms with Gasteiger partial charge in [-0.1, -0.05) is 30.3 Å². The van der Waals surface area contributed by atoms with Crippen LogP contribution in [-0.2, 0) is 11.3 Å². The number of nitrogens with zero attached hydrogens (tertiary/aromatic N) is 2. The Morgan fingerprint density at radius 2 is 1.74 bits per heavy atom. The van der Waals surface area contributed by atoms with Crippen LogP contribution in [0.4, 0.5) is 11.5 Å². The van der Waals surface area contributed by atoms with Crippen molar-refractivity contribution >= 4 is 28.3 Å². The largest absolute Gasteiger partial charge is 0.491 e. The summed E-state index contributed by atoms with van der Waals surface area (Å²) in [6.45, 7) is 3.67. The molecule has 180 valence electrons. The maximum Gasteiger partial charge on any atom is 0.256 e. The third-order valence-electron chi connectivity index (χ3n) is 6.22. The van der Waals surface area contributed by atoms with Crippen LogP contribution in [0.3, 0.4) is 0 Å². The molecule has 1 saturated heterocycles. The molecule has 0 atom stereocenters. The van der Waals surface area contributed by atoms with Crippen molar-refractivity contribution in [2.24, 2.45) is 0 Å².